The first-order valence-corrected chi connectivity index (χ1v) is 10.4. The highest BCUT2D eigenvalue weighted by atomic mass is 32.1. The number of carbonyl (C=O) groups excluding carboxylic acids is 1. The van der Waals surface area contributed by atoms with E-state index in [2.05, 4.69) is 20.3 Å². The Balaban J connectivity index is 1.46. The number of fused-ring (bicyclic) bond motifs is 3. The molecule has 4 aromatic heterocycles. The van der Waals surface area contributed by atoms with Gasteiger partial charge in [-0.15, -0.1) is 0 Å². The highest BCUT2D eigenvalue weighted by Crippen LogP contribution is 2.33. The van der Waals surface area contributed by atoms with Crippen molar-refractivity contribution in [1.82, 2.24) is 29.8 Å². The fraction of sp³-hybridized carbons (Fsp3) is 0.136. The number of pyridine rings is 2. The first-order chi connectivity index (χ1) is 15.0. The molecule has 5 aromatic rings. The largest absolute Gasteiger partial charge is 0.345 e. The Bertz CT molecular complexity index is 1440. The van der Waals surface area contributed by atoms with E-state index in [9.17, 15) is 9.18 Å². The first-order valence-electron chi connectivity index (χ1n) is 9.59. The molecule has 9 heteroatoms. The van der Waals surface area contributed by atoms with E-state index < -0.39 is 11.9 Å². The van der Waals surface area contributed by atoms with E-state index in [1.54, 1.807) is 12.5 Å². The number of rotatable bonds is 4. The Morgan fingerprint density at radius 1 is 1.19 bits per heavy atom. The quantitative estimate of drug-likeness (QED) is 0.429. The number of imidazole rings is 1. The average Bonchev–Trinajstić information content (AvgIpc) is 3.37. The van der Waals surface area contributed by atoms with Crippen LogP contribution in [0.4, 0.5) is 4.39 Å². The van der Waals surface area contributed by atoms with Crippen LogP contribution in [0.1, 0.15) is 28.9 Å². The van der Waals surface area contributed by atoms with Gasteiger partial charge in [0.2, 0.25) is 5.95 Å². The molecule has 31 heavy (non-hydrogen) atoms. The summed E-state index contributed by atoms with van der Waals surface area (Å²) in [6.07, 6.45) is 4.82. The van der Waals surface area contributed by atoms with Gasteiger partial charge in [0.1, 0.15) is 20.9 Å². The van der Waals surface area contributed by atoms with Gasteiger partial charge in [-0.05, 0) is 30.7 Å². The van der Waals surface area contributed by atoms with Crippen LogP contribution in [-0.4, -0.2) is 30.4 Å². The number of aryl methyl sites for hydroxylation is 1. The molecule has 4 heterocycles. The molecule has 154 valence electrons. The summed E-state index contributed by atoms with van der Waals surface area (Å²) in [7, 11) is 1.93. The maximum absolute atomic E-state index is 13.8. The van der Waals surface area contributed by atoms with Gasteiger partial charge < -0.3 is 9.88 Å². The molecule has 1 amide bonds. The van der Waals surface area contributed by atoms with E-state index in [-0.39, 0.29) is 11.6 Å². The van der Waals surface area contributed by atoms with Gasteiger partial charge in [-0.1, -0.05) is 29.5 Å². The number of benzene rings is 1. The molecule has 0 saturated carbocycles. The molecule has 1 N–H and O–H groups in total. The number of nitrogens with zero attached hydrogens (tertiary/aromatic N) is 5. The zero-order valence-corrected chi connectivity index (χ0v) is 17.5. The molecule has 0 aliphatic carbocycles. The average molecular weight is 432 g/mol. The number of amides is 1. The number of hydrogen-bond acceptors (Lipinski definition) is 6. The van der Waals surface area contributed by atoms with Crippen LogP contribution in [0.3, 0.4) is 0 Å². The zero-order chi connectivity index (χ0) is 21.5. The second-order valence-corrected chi connectivity index (χ2v) is 8.16. The van der Waals surface area contributed by atoms with Crippen LogP contribution in [0.25, 0.3) is 32.0 Å². The van der Waals surface area contributed by atoms with Crippen molar-refractivity contribution < 1.29 is 9.18 Å². The molecular formula is C22H17FN6OS. The summed E-state index contributed by atoms with van der Waals surface area (Å²) >= 11 is 1.50. The fourth-order valence-electron chi connectivity index (χ4n) is 3.48. The number of hydrogen-bond donors (Lipinski definition) is 1. The Labute approximate surface area is 180 Å². The van der Waals surface area contributed by atoms with Crippen LogP contribution >= 0.6 is 11.3 Å². The summed E-state index contributed by atoms with van der Waals surface area (Å²) in [6, 6.07) is 10.4. The number of aromatic nitrogens is 5. The Hall–Kier alpha value is -3.72. The lowest BCUT2D eigenvalue weighted by molar-refractivity contribution is 0.0935. The molecular weight excluding hydrogens is 415 g/mol. The second kappa shape index (κ2) is 7.51. The molecule has 1 aromatic carbocycles. The number of halogens is 1. The standard InChI is InChI=1S/C22H17FN6OS/c1-12(27-20(30)15-7-4-8-24-19(15)23)13-5-3-6-14(9-13)21-28-17-18-16(26-11-29(18)2)10-25-22(17)31-21/h3-12H,1-2H3,(H,27,30)/t12-/m0/s1. The summed E-state index contributed by atoms with van der Waals surface area (Å²) in [5.74, 6) is -1.30. The van der Waals surface area contributed by atoms with Crippen molar-refractivity contribution in [2.45, 2.75) is 13.0 Å². The fourth-order valence-corrected chi connectivity index (χ4v) is 4.39. The Morgan fingerprint density at radius 3 is 2.90 bits per heavy atom. The maximum Gasteiger partial charge on any atom is 0.256 e. The molecule has 0 bridgehead atoms. The maximum atomic E-state index is 13.8. The van der Waals surface area contributed by atoms with Crippen molar-refractivity contribution in [3.63, 3.8) is 0 Å². The number of nitrogens with one attached hydrogen (secondary N) is 1. The van der Waals surface area contributed by atoms with Crippen LogP contribution in [0.2, 0.25) is 0 Å². The minimum absolute atomic E-state index is 0.0806. The van der Waals surface area contributed by atoms with E-state index >= 15 is 0 Å². The topological polar surface area (TPSA) is 85.6 Å². The van der Waals surface area contributed by atoms with Crippen LogP contribution < -0.4 is 5.32 Å². The predicted molar refractivity (Wildman–Crippen MR) is 117 cm³/mol. The van der Waals surface area contributed by atoms with Gasteiger partial charge in [0.25, 0.3) is 5.91 Å². The second-order valence-electron chi connectivity index (χ2n) is 7.18. The van der Waals surface area contributed by atoms with Crippen molar-refractivity contribution in [3.05, 3.63) is 72.2 Å². The Morgan fingerprint density at radius 2 is 2.06 bits per heavy atom. The molecule has 0 fully saturated rings. The normalized spacial score (nSPS) is 12.4. The zero-order valence-electron chi connectivity index (χ0n) is 16.7. The highest BCUT2D eigenvalue weighted by molar-refractivity contribution is 7.21. The van der Waals surface area contributed by atoms with Crippen LogP contribution in [0, 0.1) is 5.95 Å². The lowest BCUT2D eigenvalue weighted by Crippen LogP contribution is -2.27. The first kappa shape index (κ1) is 19.3. The van der Waals surface area contributed by atoms with E-state index in [4.69, 9.17) is 4.98 Å². The van der Waals surface area contributed by atoms with Gasteiger partial charge in [-0.2, -0.15) is 4.39 Å². The molecule has 7 nitrogen and oxygen atoms in total. The van der Waals surface area contributed by atoms with Crippen molar-refractivity contribution in [2.75, 3.05) is 0 Å². The lowest BCUT2D eigenvalue weighted by atomic mass is 10.0. The van der Waals surface area contributed by atoms with Crippen LogP contribution in [0.5, 0.6) is 0 Å². The summed E-state index contributed by atoms with van der Waals surface area (Å²) < 4.78 is 15.7. The molecule has 0 aliphatic heterocycles. The molecule has 0 saturated heterocycles. The van der Waals surface area contributed by atoms with E-state index in [0.717, 1.165) is 37.5 Å². The predicted octanol–water partition coefficient (Wildman–Crippen LogP) is 4.27. The van der Waals surface area contributed by atoms with Gasteiger partial charge in [-0.25, -0.2) is 19.9 Å². The summed E-state index contributed by atoms with van der Waals surface area (Å²) in [5.41, 5.74) is 4.29. The van der Waals surface area contributed by atoms with E-state index in [1.165, 1.54) is 29.7 Å². The highest BCUT2D eigenvalue weighted by Gasteiger charge is 2.17. The smallest absolute Gasteiger partial charge is 0.256 e. The van der Waals surface area contributed by atoms with Gasteiger partial charge >= 0.3 is 0 Å². The van der Waals surface area contributed by atoms with Crippen LogP contribution in [0.15, 0.2) is 55.1 Å². The summed E-state index contributed by atoms with van der Waals surface area (Å²) in [6.45, 7) is 1.85. The number of carbonyl (C=O) groups is 1. The third-order valence-electron chi connectivity index (χ3n) is 5.09. The lowest BCUT2D eigenvalue weighted by Gasteiger charge is -2.15. The van der Waals surface area contributed by atoms with Crippen molar-refractivity contribution in [1.29, 1.82) is 0 Å². The van der Waals surface area contributed by atoms with Gasteiger partial charge in [0.05, 0.1) is 29.6 Å². The molecule has 0 spiro atoms. The third-order valence-corrected chi connectivity index (χ3v) is 6.10. The third kappa shape index (κ3) is 3.42. The minimum atomic E-state index is -0.788. The SMILES string of the molecule is C[C@H](NC(=O)c1cccnc1F)c1cccc(-c2nc3c(ncc4ncn(C)c43)s2)c1. The van der Waals surface area contributed by atoms with E-state index in [0.29, 0.717) is 0 Å². The van der Waals surface area contributed by atoms with Gasteiger partial charge in [0.15, 0.2) is 0 Å². The van der Waals surface area contributed by atoms with Gasteiger partial charge in [-0.3, -0.25) is 4.79 Å². The molecule has 0 aliphatic rings. The summed E-state index contributed by atoms with van der Waals surface area (Å²) in [4.78, 5) is 30.4. The molecule has 0 radical (unpaired) electrons. The van der Waals surface area contributed by atoms with Crippen molar-refractivity contribution >= 4 is 38.6 Å². The van der Waals surface area contributed by atoms with Gasteiger partial charge in [0, 0.05) is 18.8 Å². The number of thiazole rings is 1. The Kier molecular flexibility index (Phi) is 4.67. The van der Waals surface area contributed by atoms with E-state index in [1.807, 2.05) is 42.8 Å². The molecule has 0 unspecified atom stereocenters. The van der Waals surface area contributed by atoms with Crippen LogP contribution in [-0.2, 0) is 7.05 Å². The molecule has 1 atom stereocenters. The van der Waals surface area contributed by atoms with Crippen molar-refractivity contribution in [2.24, 2.45) is 7.05 Å². The minimum Gasteiger partial charge on any atom is -0.345 e. The monoisotopic (exact) mass is 432 g/mol. The summed E-state index contributed by atoms with van der Waals surface area (Å²) in [5, 5.41) is 3.66. The molecule has 5 rings (SSSR count). The van der Waals surface area contributed by atoms with Crippen molar-refractivity contribution in [3.8, 4) is 10.6 Å².